The van der Waals surface area contributed by atoms with E-state index in [0.29, 0.717) is 5.39 Å². The Morgan fingerprint density at radius 2 is 1.50 bits per heavy atom. The van der Waals surface area contributed by atoms with Crippen LogP contribution < -0.4 is 0 Å². The maximum Gasteiger partial charge on any atom is 0.131 e. The van der Waals surface area contributed by atoms with Crippen LogP contribution in [0, 0.1) is 11.6 Å². The summed E-state index contributed by atoms with van der Waals surface area (Å²) in [5.74, 6) is -0.576. The number of hydrogen-bond acceptors (Lipinski definition) is 0. The summed E-state index contributed by atoms with van der Waals surface area (Å²) in [5, 5.41) is 2.94. The second-order valence-electron chi connectivity index (χ2n) is 3.77. The minimum Gasteiger partial charge on any atom is -0.207 e. The van der Waals surface area contributed by atoms with Gasteiger partial charge in [0.25, 0.3) is 0 Å². The molecule has 3 aromatic carbocycles. The molecule has 78 valence electrons. The quantitative estimate of drug-likeness (QED) is 0.490. The first-order valence-corrected chi connectivity index (χ1v) is 5.02. The van der Waals surface area contributed by atoms with Gasteiger partial charge in [-0.15, -0.1) is 0 Å². The van der Waals surface area contributed by atoms with E-state index in [1.54, 1.807) is 30.3 Å². The van der Waals surface area contributed by atoms with Gasteiger partial charge in [-0.3, -0.25) is 0 Å². The molecule has 0 aliphatic carbocycles. The fourth-order valence-corrected chi connectivity index (χ4v) is 2.02. The molecule has 3 rings (SSSR count). The topological polar surface area (TPSA) is 0 Å². The van der Waals surface area contributed by atoms with Gasteiger partial charge in [-0.25, -0.2) is 8.78 Å². The highest BCUT2D eigenvalue weighted by molar-refractivity contribution is 6.07. The standard InChI is InChI=1S/C14H8F2/c15-10-6-4-9-5-7-12-11(13(9)8-10)2-1-3-14(12)16/h1-8H. The number of benzene rings is 3. The van der Waals surface area contributed by atoms with E-state index in [9.17, 15) is 8.78 Å². The summed E-state index contributed by atoms with van der Waals surface area (Å²) in [6.07, 6.45) is 0. The molecule has 2 heteroatoms. The van der Waals surface area contributed by atoms with Crippen molar-refractivity contribution in [2.75, 3.05) is 0 Å². The molecule has 0 saturated carbocycles. The first-order valence-electron chi connectivity index (χ1n) is 5.02. The molecule has 0 saturated heterocycles. The van der Waals surface area contributed by atoms with Crippen LogP contribution in [0.2, 0.25) is 0 Å². The van der Waals surface area contributed by atoms with Gasteiger partial charge in [0.15, 0.2) is 0 Å². The van der Waals surface area contributed by atoms with E-state index in [-0.39, 0.29) is 11.6 Å². The average Bonchev–Trinajstić information content (AvgIpc) is 2.29. The Balaban J connectivity index is 2.58. The first-order chi connectivity index (χ1) is 7.75. The maximum atomic E-state index is 13.5. The van der Waals surface area contributed by atoms with E-state index in [0.717, 1.165) is 16.2 Å². The number of halogens is 2. The lowest BCUT2D eigenvalue weighted by Gasteiger charge is -2.04. The summed E-state index contributed by atoms with van der Waals surface area (Å²) in [6.45, 7) is 0. The molecule has 3 aromatic rings. The fraction of sp³-hybridized carbons (Fsp3) is 0. The van der Waals surface area contributed by atoms with E-state index < -0.39 is 0 Å². The van der Waals surface area contributed by atoms with Crippen LogP contribution in [0.5, 0.6) is 0 Å². The molecule has 0 aliphatic rings. The predicted octanol–water partition coefficient (Wildman–Crippen LogP) is 4.27. The molecule has 0 fully saturated rings. The molecule has 0 heterocycles. The SMILES string of the molecule is Fc1ccc2ccc3c(F)cccc3c2c1. The lowest BCUT2D eigenvalue weighted by molar-refractivity contribution is 0.629. The van der Waals surface area contributed by atoms with Crippen molar-refractivity contribution in [1.82, 2.24) is 0 Å². The van der Waals surface area contributed by atoms with Crippen LogP contribution in [0.4, 0.5) is 8.78 Å². The van der Waals surface area contributed by atoms with Crippen molar-refractivity contribution in [3.63, 3.8) is 0 Å². The summed E-state index contributed by atoms with van der Waals surface area (Å²) >= 11 is 0. The highest BCUT2D eigenvalue weighted by atomic mass is 19.1. The third-order valence-corrected chi connectivity index (χ3v) is 2.79. The van der Waals surface area contributed by atoms with Gasteiger partial charge in [-0.2, -0.15) is 0 Å². The molecule has 0 aromatic heterocycles. The van der Waals surface area contributed by atoms with Gasteiger partial charge >= 0.3 is 0 Å². The molecule has 0 radical (unpaired) electrons. The molecule has 16 heavy (non-hydrogen) atoms. The molecule has 0 nitrogen and oxygen atoms in total. The summed E-state index contributed by atoms with van der Waals surface area (Å²) in [4.78, 5) is 0. The van der Waals surface area contributed by atoms with Crippen molar-refractivity contribution >= 4 is 21.5 Å². The zero-order chi connectivity index (χ0) is 11.1. The van der Waals surface area contributed by atoms with Gasteiger partial charge in [0.1, 0.15) is 11.6 Å². The second-order valence-corrected chi connectivity index (χ2v) is 3.77. The lowest BCUT2D eigenvalue weighted by atomic mass is 10.0. The maximum absolute atomic E-state index is 13.5. The Hall–Kier alpha value is -1.96. The lowest BCUT2D eigenvalue weighted by Crippen LogP contribution is -1.82. The molecule has 0 amide bonds. The Morgan fingerprint density at radius 3 is 2.38 bits per heavy atom. The number of hydrogen-bond donors (Lipinski definition) is 0. The predicted molar refractivity (Wildman–Crippen MR) is 61.4 cm³/mol. The summed E-state index contributed by atoms with van der Waals surface area (Å²) in [5.41, 5.74) is 0. The van der Waals surface area contributed by atoms with Gasteiger partial charge in [-0.05, 0) is 34.4 Å². The molecule has 0 unspecified atom stereocenters. The van der Waals surface area contributed by atoms with E-state index in [1.807, 2.05) is 0 Å². The molecule has 0 N–H and O–H groups in total. The Kier molecular flexibility index (Phi) is 1.90. The van der Waals surface area contributed by atoms with Crippen molar-refractivity contribution in [2.45, 2.75) is 0 Å². The van der Waals surface area contributed by atoms with Crippen LogP contribution in [-0.2, 0) is 0 Å². The highest BCUT2D eigenvalue weighted by Gasteiger charge is 2.04. The highest BCUT2D eigenvalue weighted by Crippen LogP contribution is 2.27. The summed E-state index contributed by atoms with van der Waals surface area (Å²) in [7, 11) is 0. The van der Waals surface area contributed by atoms with Crippen molar-refractivity contribution in [2.24, 2.45) is 0 Å². The number of rotatable bonds is 0. The van der Waals surface area contributed by atoms with Gasteiger partial charge in [0, 0.05) is 5.39 Å². The average molecular weight is 214 g/mol. The first kappa shape index (κ1) is 9.28. The van der Waals surface area contributed by atoms with Crippen LogP contribution in [0.1, 0.15) is 0 Å². The molecular weight excluding hydrogens is 206 g/mol. The van der Waals surface area contributed by atoms with Crippen LogP contribution in [0.25, 0.3) is 21.5 Å². The van der Waals surface area contributed by atoms with Crippen LogP contribution in [0.15, 0.2) is 48.5 Å². The third kappa shape index (κ3) is 1.27. The zero-order valence-corrected chi connectivity index (χ0v) is 8.37. The van der Waals surface area contributed by atoms with Crippen molar-refractivity contribution in [3.8, 4) is 0 Å². The molecular formula is C14H8F2. The van der Waals surface area contributed by atoms with Gasteiger partial charge in [-0.1, -0.05) is 30.3 Å². The zero-order valence-electron chi connectivity index (χ0n) is 8.37. The minimum absolute atomic E-state index is 0.274. The van der Waals surface area contributed by atoms with Crippen molar-refractivity contribution < 1.29 is 8.78 Å². The Morgan fingerprint density at radius 1 is 0.688 bits per heavy atom. The van der Waals surface area contributed by atoms with E-state index in [4.69, 9.17) is 0 Å². The second kappa shape index (κ2) is 3.27. The van der Waals surface area contributed by atoms with Crippen LogP contribution in [-0.4, -0.2) is 0 Å². The fourth-order valence-electron chi connectivity index (χ4n) is 2.02. The molecule has 0 bridgehead atoms. The van der Waals surface area contributed by atoms with Crippen LogP contribution in [0.3, 0.4) is 0 Å². The smallest absolute Gasteiger partial charge is 0.131 e. The molecule has 0 spiro atoms. The van der Waals surface area contributed by atoms with Crippen molar-refractivity contribution in [1.29, 1.82) is 0 Å². The van der Waals surface area contributed by atoms with E-state index in [2.05, 4.69) is 0 Å². The molecule has 0 atom stereocenters. The normalized spacial score (nSPS) is 11.1. The van der Waals surface area contributed by atoms with Gasteiger partial charge < -0.3 is 0 Å². The van der Waals surface area contributed by atoms with E-state index >= 15 is 0 Å². The van der Waals surface area contributed by atoms with Gasteiger partial charge in [0.05, 0.1) is 0 Å². The minimum atomic E-state index is -0.302. The summed E-state index contributed by atoms with van der Waals surface area (Å²) in [6, 6.07) is 12.9. The van der Waals surface area contributed by atoms with Crippen molar-refractivity contribution in [3.05, 3.63) is 60.2 Å². The third-order valence-electron chi connectivity index (χ3n) is 2.79. The van der Waals surface area contributed by atoms with Crippen LogP contribution >= 0.6 is 0 Å². The largest absolute Gasteiger partial charge is 0.207 e. The Labute approximate surface area is 91.1 Å². The monoisotopic (exact) mass is 214 g/mol. The Bertz CT molecular complexity index is 687. The summed E-state index contributed by atoms with van der Waals surface area (Å²) < 4.78 is 26.7. The number of fused-ring (bicyclic) bond motifs is 3. The molecule has 0 aliphatic heterocycles. The van der Waals surface area contributed by atoms with Gasteiger partial charge in [0.2, 0.25) is 0 Å². The van der Waals surface area contributed by atoms with E-state index in [1.165, 1.54) is 18.2 Å².